The summed E-state index contributed by atoms with van der Waals surface area (Å²) in [7, 11) is 0. The van der Waals surface area contributed by atoms with Crippen LogP contribution in [-0.2, 0) is 0 Å². The van der Waals surface area contributed by atoms with Gasteiger partial charge in [0.2, 0.25) is 0 Å². The van der Waals surface area contributed by atoms with Crippen molar-refractivity contribution >= 4 is 33.5 Å². The van der Waals surface area contributed by atoms with E-state index in [0.29, 0.717) is 6.42 Å². The minimum absolute atomic E-state index is 0.167. The molecule has 0 bridgehead atoms. The molecule has 1 atom stereocenters. The molecule has 4 nitrogen and oxygen atoms in total. The van der Waals surface area contributed by atoms with Gasteiger partial charge in [0, 0.05) is 16.5 Å². The highest BCUT2D eigenvalue weighted by Gasteiger charge is 2.09. The normalized spacial score (nSPS) is 13.1. The fourth-order valence-corrected chi connectivity index (χ4v) is 2.14. The maximum absolute atomic E-state index is 8.70. The van der Waals surface area contributed by atoms with Crippen LogP contribution in [0.5, 0.6) is 0 Å². The smallest absolute Gasteiger partial charge is 0.0702 e. The van der Waals surface area contributed by atoms with Crippen molar-refractivity contribution in [1.29, 1.82) is 0 Å². The van der Waals surface area contributed by atoms with Gasteiger partial charge in [-0.2, -0.15) is 0 Å². The quantitative estimate of drug-likeness (QED) is 0.314. The zero-order valence-electron chi connectivity index (χ0n) is 10.5. The van der Waals surface area contributed by atoms with Crippen molar-refractivity contribution in [2.45, 2.75) is 19.4 Å². The predicted octanol–water partition coefficient (Wildman–Crippen LogP) is 5.32. The molecule has 1 aromatic heterocycles. The fraction of sp³-hybridized carbons (Fsp3) is 0.214. The van der Waals surface area contributed by atoms with Gasteiger partial charge in [-0.25, -0.2) is 0 Å². The summed E-state index contributed by atoms with van der Waals surface area (Å²) in [5, 5.41) is 4.95. The second-order valence-corrected chi connectivity index (χ2v) is 5.90. The molecule has 1 heterocycles. The lowest BCUT2D eigenvalue weighted by Crippen LogP contribution is -1.93. The summed E-state index contributed by atoms with van der Waals surface area (Å²) >= 11 is 2.25. The van der Waals surface area contributed by atoms with Gasteiger partial charge in [-0.15, -0.1) is 0 Å². The molecule has 0 spiro atoms. The van der Waals surface area contributed by atoms with Crippen LogP contribution in [0.1, 0.15) is 24.9 Å². The van der Waals surface area contributed by atoms with Gasteiger partial charge >= 0.3 is 0 Å². The molecule has 5 heteroatoms. The molecule has 0 N–H and O–H groups in total. The van der Waals surface area contributed by atoms with Crippen LogP contribution in [0, 0.1) is 0 Å². The Kier molecular flexibility index (Phi) is 4.76. The number of hydrogen-bond acceptors (Lipinski definition) is 2. The highest BCUT2D eigenvalue weighted by Crippen LogP contribution is 2.26. The van der Waals surface area contributed by atoms with E-state index >= 15 is 0 Å². The summed E-state index contributed by atoms with van der Waals surface area (Å²) in [4.78, 5) is 7.23. The van der Waals surface area contributed by atoms with Crippen LogP contribution in [0.25, 0.3) is 21.3 Å². The van der Waals surface area contributed by atoms with Crippen molar-refractivity contribution in [3.8, 4) is 0 Å². The Morgan fingerprint density at radius 1 is 1.53 bits per heavy atom. The summed E-state index contributed by atoms with van der Waals surface area (Å²) in [5.41, 5.74) is 10.7. The van der Waals surface area contributed by atoms with Gasteiger partial charge in [-0.3, -0.25) is 4.98 Å². The molecule has 2 aromatic rings. The van der Waals surface area contributed by atoms with E-state index in [4.69, 9.17) is 5.53 Å². The Morgan fingerprint density at radius 3 is 3.11 bits per heavy atom. The average molecular weight is 364 g/mol. The summed E-state index contributed by atoms with van der Waals surface area (Å²) < 4.78 is 1.19. The summed E-state index contributed by atoms with van der Waals surface area (Å²) in [6.45, 7) is 2.03. The Labute approximate surface area is 125 Å². The molecule has 0 aliphatic rings. The van der Waals surface area contributed by atoms with Crippen LogP contribution in [0.4, 0.5) is 0 Å². The van der Waals surface area contributed by atoms with E-state index in [0.717, 1.165) is 16.5 Å². The first-order valence-corrected chi connectivity index (χ1v) is 6.99. The summed E-state index contributed by atoms with van der Waals surface area (Å²) in [5.74, 6) is 0. The lowest BCUT2D eigenvalue weighted by atomic mass is 10.0. The molecule has 19 heavy (non-hydrogen) atoms. The molecule has 0 aliphatic carbocycles. The monoisotopic (exact) mass is 364 g/mol. The number of azide groups is 1. The van der Waals surface area contributed by atoms with Gasteiger partial charge in [0.25, 0.3) is 0 Å². The SMILES string of the molecule is CC(I)=CC[C@H](N=[N+]=[N-])c1ccc2ncccc2c1. The maximum atomic E-state index is 8.70. The first-order chi connectivity index (χ1) is 9.20. The van der Waals surface area contributed by atoms with E-state index in [9.17, 15) is 0 Å². The van der Waals surface area contributed by atoms with Gasteiger partial charge in [-0.1, -0.05) is 23.3 Å². The Balaban J connectivity index is 2.38. The van der Waals surface area contributed by atoms with Crippen LogP contribution in [-0.4, -0.2) is 4.98 Å². The number of halogens is 1. The van der Waals surface area contributed by atoms with Gasteiger partial charge in [0.15, 0.2) is 0 Å². The molecule has 0 aliphatic heterocycles. The van der Waals surface area contributed by atoms with Crippen molar-refractivity contribution in [2.24, 2.45) is 5.11 Å². The number of fused-ring (bicyclic) bond motifs is 1. The van der Waals surface area contributed by atoms with Crippen LogP contribution in [0.15, 0.2) is 51.3 Å². The highest BCUT2D eigenvalue weighted by atomic mass is 127. The Bertz CT molecular complexity index is 655. The number of benzene rings is 1. The molecule has 0 radical (unpaired) electrons. The van der Waals surface area contributed by atoms with Crippen molar-refractivity contribution in [3.05, 3.63) is 62.2 Å². The predicted molar refractivity (Wildman–Crippen MR) is 86.0 cm³/mol. The van der Waals surface area contributed by atoms with Crippen molar-refractivity contribution < 1.29 is 0 Å². The topological polar surface area (TPSA) is 61.7 Å². The molecule has 0 saturated carbocycles. The van der Waals surface area contributed by atoms with Crippen LogP contribution in [0.3, 0.4) is 0 Å². The van der Waals surface area contributed by atoms with E-state index in [1.165, 1.54) is 3.58 Å². The molecule has 0 saturated heterocycles. The minimum Gasteiger partial charge on any atom is -0.256 e. The molecule has 2 rings (SSSR count). The number of allylic oxidation sites excluding steroid dienone is 1. The largest absolute Gasteiger partial charge is 0.256 e. The summed E-state index contributed by atoms with van der Waals surface area (Å²) in [6.07, 6.45) is 4.56. The van der Waals surface area contributed by atoms with Gasteiger partial charge in [-0.05, 0) is 68.8 Å². The third kappa shape index (κ3) is 3.68. The van der Waals surface area contributed by atoms with E-state index in [-0.39, 0.29) is 6.04 Å². The average Bonchev–Trinajstić information content (AvgIpc) is 2.42. The first-order valence-electron chi connectivity index (χ1n) is 5.92. The second-order valence-electron chi connectivity index (χ2n) is 4.20. The van der Waals surface area contributed by atoms with Crippen molar-refractivity contribution in [3.63, 3.8) is 0 Å². The summed E-state index contributed by atoms with van der Waals surface area (Å²) in [6, 6.07) is 9.73. The van der Waals surface area contributed by atoms with Crippen LogP contribution >= 0.6 is 22.6 Å². The second kappa shape index (κ2) is 6.54. The van der Waals surface area contributed by atoms with Crippen LogP contribution in [0.2, 0.25) is 0 Å². The lowest BCUT2D eigenvalue weighted by Gasteiger charge is -2.10. The number of rotatable bonds is 4. The Morgan fingerprint density at radius 2 is 2.37 bits per heavy atom. The van der Waals surface area contributed by atoms with Crippen LogP contribution < -0.4 is 0 Å². The third-order valence-electron chi connectivity index (χ3n) is 2.83. The van der Waals surface area contributed by atoms with Crippen molar-refractivity contribution in [1.82, 2.24) is 4.98 Å². The number of hydrogen-bond donors (Lipinski definition) is 0. The zero-order chi connectivity index (χ0) is 13.7. The molecule has 0 fully saturated rings. The fourth-order valence-electron chi connectivity index (χ4n) is 1.89. The number of nitrogens with zero attached hydrogens (tertiary/aromatic N) is 4. The highest BCUT2D eigenvalue weighted by molar-refractivity contribution is 14.1. The molecule has 1 aromatic carbocycles. The lowest BCUT2D eigenvalue weighted by molar-refractivity contribution is 0.734. The molecule has 0 unspecified atom stereocenters. The zero-order valence-corrected chi connectivity index (χ0v) is 12.7. The van der Waals surface area contributed by atoms with Gasteiger partial charge < -0.3 is 0 Å². The van der Waals surface area contributed by atoms with Gasteiger partial charge in [0.1, 0.15) is 0 Å². The number of aromatic nitrogens is 1. The molecule has 96 valence electrons. The number of pyridine rings is 1. The first kappa shape index (κ1) is 13.8. The Hall–Kier alpha value is -1.59. The molecule has 0 amide bonds. The standard InChI is InChI=1S/C14H13IN4/c1-10(15)4-6-14(18-19-16)12-5-7-13-11(9-12)3-2-8-17-13/h2-5,7-9,14H,6H2,1H3/t14-/m0/s1. The molecular formula is C14H13IN4. The minimum atomic E-state index is -0.167. The van der Waals surface area contributed by atoms with E-state index in [1.54, 1.807) is 6.20 Å². The van der Waals surface area contributed by atoms with Crippen molar-refractivity contribution in [2.75, 3.05) is 0 Å². The van der Waals surface area contributed by atoms with Gasteiger partial charge in [0.05, 0.1) is 11.6 Å². The third-order valence-corrected chi connectivity index (χ3v) is 3.27. The van der Waals surface area contributed by atoms with E-state index < -0.39 is 0 Å². The molecular weight excluding hydrogens is 351 g/mol. The maximum Gasteiger partial charge on any atom is 0.0702 e. The van der Waals surface area contributed by atoms with E-state index in [1.807, 2.05) is 37.3 Å². The van der Waals surface area contributed by atoms with E-state index in [2.05, 4.69) is 43.7 Å².